The number of carbonyl (C=O) groups is 3. The maximum Gasteiger partial charge on any atom is 0.306 e. The van der Waals surface area contributed by atoms with E-state index in [1.54, 1.807) is 20.8 Å². The molecule has 0 heterocycles. The van der Waals surface area contributed by atoms with Gasteiger partial charge in [0.15, 0.2) is 12.2 Å². The molecular formula is C27H42O11. The molecule has 11 heteroatoms. The van der Waals surface area contributed by atoms with Gasteiger partial charge in [0.2, 0.25) is 0 Å². The fourth-order valence-corrected chi connectivity index (χ4v) is 8.74. The lowest BCUT2D eigenvalue weighted by Crippen LogP contribution is -2.68. The highest BCUT2D eigenvalue weighted by molar-refractivity contribution is 5.70. The fourth-order valence-electron chi connectivity index (χ4n) is 8.74. The van der Waals surface area contributed by atoms with Crippen molar-refractivity contribution in [2.45, 2.75) is 121 Å². The molecule has 0 aromatic rings. The molecule has 4 saturated carbocycles. The molecule has 1 spiro atoms. The van der Waals surface area contributed by atoms with Gasteiger partial charge in [0.1, 0.15) is 11.7 Å². The summed E-state index contributed by atoms with van der Waals surface area (Å²) in [5, 5.41) is 59.7. The second-order valence-electron chi connectivity index (χ2n) is 12.8. The normalized spacial score (nSPS) is 50.8. The summed E-state index contributed by atoms with van der Waals surface area (Å²) in [7, 11) is 0. The number of esters is 3. The first kappa shape index (κ1) is 29.2. The molecule has 0 saturated heterocycles. The van der Waals surface area contributed by atoms with Crippen LogP contribution in [0.3, 0.4) is 0 Å². The van der Waals surface area contributed by atoms with Gasteiger partial charge >= 0.3 is 17.9 Å². The molecule has 4 aliphatic carbocycles. The van der Waals surface area contributed by atoms with Gasteiger partial charge in [-0.3, -0.25) is 14.4 Å². The van der Waals surface area contributed by atoms with Crippen molar-refractivity contribution in [3.63, 3.8) is 0 Å². The van der Waals surface area contributed by atoms with Gasteiger partial charge in [0, 0.05) is 43.4 Å². The van der Waals surface area contributed by atoms with Crippen LogP contribution in [0.2, 0.25) is 0 Å². The Bertz CT molecular complexity index is 1000. The van der Waals surface area contributed by atoms with Crippen LogP contribution in [0.1, 0.15) is 74.1 Å². The number of carbonyl (C=O) groups excluding carboxylic acids is 3. The van der Waals surface area contributed by atoms with Crippen LogP contribution in [-0.2, 0) is 28.6 Å². The summed E-state index contributed by atoms with van der Waals surface area (Å²) in [5.74, 6) is -5.22. The van der Waals surface area contributed by atoms with Crippen molar-refractivity contribution in [2.75, 3.05) is 0 Å². The van der Waals surface area contributed by atoms with E-state index in [1.807, 2.05) is 0 Å². The lowest BCUT2D eigenvalue weighted by molar-refractivity contribution is -0.254. The standard InChI is InChI=1S/C27H42O11/c1-8-18(31)38-21-20(37-13(3)29)26-15(25(7,34)16-11-17(30)23(4,5)27(16,21)35)10-9-14(19(26)36-12(2)28)24(6,33)22(26)32/h14-17,19-22,30,32-35H,8-11H2,1-7H3/t14-,15+,16+,17+,19-,20-,21-,22+,24+,25-,26+,27+/m1/s1. The number of aliphatic hydroxyl groups is 5. The SMILES string of the molecule is CCC(=O)O[C@@H]1[C@@H](OC(C)=O)[C@@]23[C@H](OC(C)=O)[C@@H](CC[C@H]2[C@@](C)(O)[C@@H]2C[C@H](O)C(C)(C)[C@@]12O)[C@](C)(O)[C@@H]3O. The molecule has 5 N–H and O–H groups in total. The molecule has 4 rings (SSSR count). The number of aliphatic hydroxyl groups excluding tert-OH is 2. The van der Waals surface area contributed by atoms with Gasteiger partial charge in [-0.2, -0.15) is 0 Å². The summed E-state index contributed by atoms with van der Waals surface area (Å²) in [5.41, 5.74) is -9.12. The Labute approximate surface area is 222 Å². The van der Waals surface area contributed by atoms with Gasteiger partial charge in [-0.25, -0.2) is 0 Å². The second-order valence-corrected chi connectivity index (χ2v) is 12.8. The highest BCUT2D eigenvalue weighted by Gasteiger charge is 2.84. The molecule has 0 aromatic carbocycles. The molecule has 12 atom stereocenters. The molecule has 4 aliphatic rings. The van der Waals surface area contributed by atoms with Crippen LogP contribution in [0, 0.1) is 28.6 Å². The van der Waals surface area contributed by atoms with Crippen LogP contribution in [-0.4, -0.2) is 90.8 Å². The smallest absolute Gasteiger partial charge is 0.306 e. The van der Waals surface area contributed by atoms with Crippen molar-refractivity contribution < 1.29 is 54.1 Å². The van der Waals surface area contributed by atoms with Crippen LogP contribution < -0.4 is 0 Å². The second kappa shape index (κ2) is 8.86. The van der Waals surface area contributed by atoms with Gasteiger partial charge in [-0.1, -0.05) is 20.8 Å². The third-order valence-electron chi connectivity index (χ3n) is 10.6. The number of fused-ring (bicyclic) bond motifs is 2. The lowest BCUT2D eigenvalue weighted by atomic mass is 9.56. The summed E-state index contributed by atoms with van der Waals surface area (Å²) in [6, 6.07) is 0. The maximum atomic E-state index is 12.8. The number of hydrogen-bond donors (Lipinski definition) is 5. The van der Waals surface area contributed by atoms with Gasteiger partial charge in [0.05, 0.1) is 28.8 Å². The Kier molecular flexibility index (Phi) is 6.81. The minimum Gasteiger partial charge on any atom is -0.461 e. The largest absolute Gasteiger partial charge is 0.461 e. The Hall–Kier alpha value is -1.79. The molecule has 216 valence electrons. The molecule has 0 aromatic heterocycles. The first-order chi connectivity index (χ1) is 17.3. The van der Waals surface area contributed by atoms with Crippen LogP contribution in [0.25, 0.3) is 0 Å². The summed E-state index contributed by atoms with van der Waals surface area (Å²) in [6.45, 7) is 9.86. The van der Waals surface area contributed by atoms with Crippen molar-refractivity contribution in [1.82, 2.24) is 0 Å². The molecule has 0 radical (unpaired) electrons. The van der Waals surface area contributed by atoms with Crippen LogP contribution in [0.4, 0.5) is 0 Å². The van der Waals surface area contributed by atoms with Gasteiger partial charge in [-0.15, -0.1) is 0 Å². The van der Waals surface area contributed by atoms with E-state index >= 15 is 0 Å². The molecule has 0 aliphatic heterocycles. The van der Waals surface area contributed by atoms with E-state index in [2.05, 4.69) is 0 Å². The maximum absolute atomic E-state index is 12.8. The van der Waals surface area contributed by atoms with Crippen LogP contribution in [0.15, 0.2) is 0 Å². The molecular weight excluding hydrogens is 500 g/mol. The van der Waals surface area contributed by atoms with E-state index in [-0.39, 0.29) is 25.7 Å². The quantitative estimate of drug-likeness (QED) is 0.242. The molecule has 38 heavy (non-hydrogen) atoms. The highest BCUT2D eigenvalue weighted by Crippen LogP contribution is 2.71. The zero-order chi connectivity index (χ0) is 28.8. The summed E-state index contributed by atoms with van der Waals surface area (Å²) >= 11 is 0. The Balaban J connectivity index is 2.13. The van der Waals surface area contributed by atoms with E-state index < -0.39 is 93.8 Å². The van der Waals surface area contributed by atoms with E-state index in [0.29, 0.717) is 0 Å². The van der Waals surface area contributed by atoms with Crippen molar-refractivity contribution in [3.05, 3.63) is 0 Å². The molecule has 0 amide bonds. The zero-order valence-electron chi connectivity index (χ0n) is 23.1. The molecule has 4 fully saturated rings. The predicted molar refractivity (Wildman–Crippen MR) is 130 cm³/mol. The monoisotopic (exact) mass is 542 g/mol. The number of ether oxygens (including phenoxy) is 3. The van der Waals surface area contributed by atoms with Crippen LogP contribution in [0.5, 0.6) is 0 Å². The van der Waals surface area contributed by atoms with Crippen molar-refractivity contribution in [2.24, 2.45) is 28.6 Å². The summed E-state index contributed by atoms with van der Waals surface area (Å²) in [6.07, 6.45) is -7.16. The Morgan fingerprint density at radius 3 is 1.87 bits per heavy atom. The van der Waals surface area contributed by atoms with Gasteiger partial charge in [-0.05, 0) is 33.1 Å². The van der Waals surface area contributed by atoms with E-state index in [4.69, 9.17) is 14.2 Å². The summed E-state index contributed by atoms with van der Waals surface area (Å²) < 4.78 is 17.5. The van der Waals surface area contributed by atoms with E-state index in [1.165, 1.54) is 20.8 Å². The van der Waals surface area contributed by atoms with Gasteiger partial charge < -0.3 is 39.7 Å². The topological polar surface area (TPSA) is 180 Å². The fraction of sp³-hybridized carbons (Fsp3) is 0.889. The third-order valence-corrected chi connectivity index (χ3v) is 10.6. The first-order valence-corrected chi connectivity index (χ1v) is 13.4. The van der Waals surface area contributed by atoms with E-state index in [0.717, 1.165) is 6.92 Å². The molecule has 2 bridgehead atoms. The summed E-state index contributed by atoms with van der Waals surface area (Å²) in [4.78, 5) is 37.9. The molecule has 0 unspecified atom stereocenters. The number of rotatable bonds is 4. The zero-order valence-corrected chi connectivity index (χ0v) is 23.1. The average molecular weight is 543 g/mol. The average Bonchev–Trinajstić information content (AvgIpc) is 3.02. The van der Waals surface area contributed by atoms with Crippen molar-refractivity contribution >= 4 is 17.9 Å². The van der Waals surface area contributed by atoms with E-state index in [9.17, 15) is 39.9 Å². The molecule has 11 nitrogen and oxygen atoms in total. The third kappa shape index (κ3) is 3.47. The predicted octanol–water partition coefficient (Wildman–Crippen LogP) is 0.212. The van der Waals surface area contributed by atoms with Gasteiger partial charge in [0.25, 0.3) is 0 Å². The minimum absolute atomic E-state index is 0.0792. The lowest BCUT2D eigenvalue weighted by Gasteiger charge is -2.54. The Morgan fingerprint density at radius 2 is 1.34 bits per heavy atom. The highest BCUT2D eigenvalue weighted by atomic mass is 16.6. The number of hydrogen-bond acceptors (Lipinski definition) is 11. The minimum atomic E-state index is -2.16. The Morgan fingerprint density at radius 1 is 0.789 bits per heavy atom. The van der Waals surface area contributed by atoms with Crippen molar-refractivity contribution in [3.8, 4) is 0 Å². The van der Waals surface area contributed by atoms with Crippen LogP contribution >= 0.6 is 0 Å². The van der Waals surface area contributed by atoms with Crippen molar-refractivity contribution in [1.29, 1.82) is 0 Å². The first-order valence-electron chi connectivity index (χ1n) is 13.4.